The largest absolute Gasteiger partial charge is 0.352 e. The molecule has 0 aliphatic carbocycles. The van der Waals surface area contributed by atoms with E-state index in [0.717, 1.165) is 17.5 Å². The van der Waals surface area contributed by atoms with Crippen molar-refractivity contribution in [2.75, 3.05) is 5.75 Å². The van der Waals surface area contributed by atoms with E-state index in [1.54, 1.807) is 17.9 Å². The average Bonchev–Trinajstić information content (AvgIpc) is 2.72. The molecule has 1 N–H and O–H groups in total. The topological polar surface area (TPSA) is 49.4 Å². The Morgan fingerprint density at radius 2 is 1.83 bits per heavy atom. The van der Waals surface area contributed by atoms with E-state index in [9.17, 15) is 9.59 Å². The molecule has 0 saturated carbocycles. The first-order valence-corrected chi connectivity index (χ1v) is 11.9. The van der Waals surface area contributed by atoms with E-state index in [1.807, 2.05) is 56.3 Å². The maximum atomic E-state index is 13.1. The molecule has 0 spiro atoms. The van der Waals surface area contributed by atoms with E-state index < -0.39 is 6.04 Å². The summed E-state index contributed by atoms with van der Waals surface area (Å²) in [5, 5.41) is 4.22. The maximum absolute atomic E-state index is 13.1. The van der Waals surface area contributed by atoms with Crippen LogP contribution in [-0.2, 0) is 21.9 Å². The van der Waals surface area contributed by atoms with Crippen LogP contribution in [0.1, 0.15) is 38.3 Å². The molecule has 2 aromatic carbocycles. The van der Waals surface area contributed by atoms with Crippen molar-refractivity contribution in [2.45, 2.75) is 51.6 Å². The quantitative estimate of drug-likeness (QED) is 0.498. The molecular formula is C23H28Cl2N2O2S. The van der Waals surface area contributed by atoms with Gasteiger partial charge in [-0.2, -0.15) is 0 Å². The molecule has 2 atom stereocenters. The molecule has 0 aromatic heterocycles. The molecule has 162 valence electrons. The number of nitrogens with one attached hydrogen (secondary N) is 1. The summed E-state index contributed by atoms with van der Waals surface area (Å²) in [6.07, 6.45) is 0.826. The van der Waals surface area contributed by atoms with Crippen LogP contribution in [0.3, 0.4) is 0 Å². The molecule has 0 bridgehead atoms. The van der Waals surface area contributed by atoms with Gasteiger partial charge >= 0.3 is 0 Å². The van der Waals surface area contributed by atoms with E-state index >= 15 is 0 Å². The van der Waals surface area contributed by atoms with Gasteiger partial charge in [0.05, 0.1) is 5.75 Å². The van der Waals surface area contributed by atoms with E-state index in [1.165, 1.54) is 11.8 Å². The second-order valence-electron chi connectivity index (χ2n) is 7.23. The highest BCUT2D eigenvalue weighted by Crippen LogP contribution is 2.21. The van der Waals surface area contributed by atoms with Gasteiger partial charge in [0.25, 0.3) is 0 Å². The molecule has 0 fully saturated rings. The van der Waals surface area contributed by atoms with E-state index in [4.69, 9.17) is 23.2 Å². The van der Waals surface area contributed by atoms with Gasteiger partial charge in [0, 0.05) is 28.4 Å². The highest BCUT2D eigenvalue weighted by Gasteiger charge is 2.27. The van der Waals surface area contributed by atoms with Crippen molar-refractivity contribution in [3.05, 3.63) is 69.7 Å². The second kappa shape index (κ2) is 12.2. The Labute approximate surface area is 193 Å². The molecule has 0 aliphatic heterocycles. The fourth-order valence-electron chi connectivity index (χ4n) is 2.82. The van der Waals surface area contributed by atoms with Crippen LogP contribution in [0.4, 0.5) is 0 Å². The van der Waals surface area contributed by atoms with Crippen LogP contribution in [0, 0.1) is 0 Å². The molecule has 0 heterocycles. The summed E-state index contributed by atoms with van der Waals surface area (Å²) in [6, 6.07) is 14.4. The zero-order valence-corrected chi connectivity index (χ0v) is 19.9. The lowest BCUT2D eigenvalue weighted by molar-refractivity contribution is -0.138. The number of rotatable bonds is 10. The summed E-state index contributed by atoms with van der Waals surface area (Å²) in [4.78, 5) is 27.4. The summed E-state index contributed by atoms with van der Waals surface area (Å²) < 4.78 is 0. The van der Waals surface area contributed by atoms with Crippen molar-refractivity contribution in [3.63, 3.8) is 0 Å². The third kappa shape index (κ3) is 7.53. The number of thioether (sulfide) groups is 1. The zero-order valence-electron chi connectivity index (χ0n) is 17.5. The predicted octanol–water partition coefficient (Wildman–Crippen LogP) is 5.56. The second-order valence-corrected chi connectivity index (χ2v) is 9.06. The summed E-state index contributed by atoms with van der Waals surface area (Å²) in [6.45, 7) is 6.00. The lowest BCUT2D eigenvalue weighted by Crippen LogP contribution is -2.50. The Morgan fingerprint density at radius 3 is 2.50 bits per heavy atom. The molecule has 0 aliphatic rings. The van der Waals surface area contributed by atoms with Crippen LogP contribution in [0.5, 0.6) is 0 Å². The van der Waals surface area contributed by atoms with Gasteiger partial charge in [-0.25, -0.2) is 0 Å². The van der Waals surface area contributed by atoms with Crippen LogP contribution >= 0.6 is 35.0 Å². The summed E-state index contributed by atoms with van der Waals surface area (Å²) in [5.41, 5.74) is 1.87. The normalized spacial score (nSPS) is 12.8. The smallest absolute Gasteiger partial charge is 0.242 e. The lowest BCUT2D eigenvalue weighted by Gasteiger charge is -2.30. The number of carbonyl (C=O) groups is 2. The Balaban J connectivity index is 2.09. The average molecular weight is 467 g/mol. The van der Waals surface area contributed by atoms with Crippen LogP contribution in [0.2, 0.25) is 10.0 Å². The van der Waals surface area contributed by atoms with Crippen molar-refractivity contribution < 1.29 is 9.59 Å². The van der Waals surface area contributed by atoms with Crippen molar-refractivity contribution in [1.29, 1.82) is 0 Å². The predicted molar refractivity (Wildman–Crippen MR) is 127 cm³/mol. The van der Waals surface area contributed by atoms with Gasteiger partial charge in [-0.05, 0) is 49.6 Å². The fraction of sp³-hybridized carbons (Fsp3) is 0.391. The van der Waals surface area contributed by atoms with Gasteiger partial charge < -0.3 is 10.2 Å². The Morgan fingerprint density at radius 1 is 1.10 bits per heavy atom. The first kappa shape index (κ1) is 24.6. The first-order valence-electron chi connectivity index (χ1n) is 9.97. The number of carbonyl (C=O) groups excluding carboxylic acids is 2. The standard InChI is InChI=1S/C23H28Cl2N2O2S/c1-4-16(2)26-23(29)17(3)27(13-19-9-5-6-11-21(19)25)22(28)15-30-14-18-8-7-10-20(24)12-18/h5-12,16-17H,4,13-15H2,1-3H3,(H,26,29)/t16-,17-/m0/s1. The van der Waals surface area contributed by atoms with E-state index in [-0.39, 0.29) is 30.2 Å². The molecule has 2 aromatic rings. The summed E-state index contributed by atoms with van der Waals surface area (Å²) in [7, 11) is 0. The molecular weight excluding hydrogens is 439 g/mol. The number of amides is 2. The minimum atomic E-state index is -0.602. The number of nitrogens with zero attached hydrogens (tertiary/aromatic N) is 1. The third-order valence-corrected chi connectivity index (χ3v) is 6.44. The molecule has 0 saturated heterocycles. The number of halogens is 2. The van der Waals surface area contributed by atoms with Crippen LogP contribution in [-0.4, -0.2) is 34.6 Å². The Hall–Kier alpha value is -1.69. The van der Waals surface area contributed by atoms with Crippen molar-refractivity contribution >= 4 is 46.8 Å². The highest BCUT2D eigenvalue weighted by atomic mass is 35.5. The van der Waals surface area contributed by atoms with Gasteiger partial charge in [0.2, 0.25) is 11.8 Å². The fourth-order valence-corrected chi connectivity index (χ4v) is 4.09. The number of hydrogen-bond donors (Lipinski definition) is 1. The Kier molecular flexibility index (Phi) is 10.0. The molecule has 2 rings (SSSR count). The van der Waals surface area contributed by atoms with Crippen molar-refractivity contribution in [2.24, 2.45) is 0 Å². The maximum Gasteiger partial charge on any atom is 0.242 e. The lowest BCUT2D eigenvalue weighted by atomic mass is 10.1. The highest BCUT2D eigenvalue weighted by molar-refractivity contribution is 7.99. The molecule has 0 unspecified atom stereocenters. The third-order valence-electron chi connectivity index (χ3n) is 4.85. The van der Waals surface area contributed by atoms with E-state index in [0.29, 0.717) is 15.8 Å². The molecule has 7 heteroatoms. The summed E-state index contributed by atoms with van der Waals surface area (Å²) in [5.74, 6) is 0.663. The van der Waals surface area contributed by atoms with Gasteiger partial charge in [-0.3, -0.25) is 9.59 Å². The van der Waals surface area contributed by atoms with Gasteiger partial charge in [0.1, 0.15) is 6.04 Å². The van der Waals surface area contributed by atoms with Crippen LogP contribution < -0.4 is 5.32 Å². The zero-order chi connectivity index (χ0) is 22.1. The van der Waals surface area contributed by atoms with Crippen molar-refractivity contribution in [3.8, 4) is 0 Å². The van der Waals surface area contributed by atoms with Gasteiger partial charge in [-0.15, -0.1) is 11.8 Å². The number of hydrogen-bond acceptors (Lipinski definition) is 3. The van der Waals surface area contributed by atoms with Gasteiger partial charge in [-0.1, -0.05) is 60.5 Å². The first-order chi connectivity index (χ1) is 14.3. The van der Waals surface area contributed by atoms with Crippen LogP contribution in [0.25, 0.3) is 0 Å². The number of benzene rings is 2. The molecule has 0 radical (unpaired) electrons. The van der Waals surface area contributed by atoms with Gasteiger partial charge in [0.15, 0.2) is 0 Å². The molecule has 4 nitrogen and oxygen atoms in total. The minimum absolute atomic E-state index is 0.0504. The monoisotopic (exact) mass is 466 g/mol. The summed E-state index contributed by atoms with van der Waals surface area (Å²) >= 11 is 13.8. The molecule has 30 heavy (non-hydrogen) atoms. The van der Waals surface area contributed by atoms with Crippen molar-refractivity contribution in [1.82, 2.24) is 10.2 Å². The Bertz CT molecular complexity index is 863. The minimum Gasteiger partial charge on any atom is -0.352 e. The molecule has 2 amide bonds. The van der Waals surface area contributed by atoms with Crippen LogP contribution in [0.15, 0.2) is 48.5 Å². The SMILES string of the molecule is CC[C@H](C)NC(=O)[C@H](C)N(Cc1ccccc1Cl)C(=O)CSCc1cccc(Cl)c1. The van der Waals surface area contributed by atoms with E-state index in [2.05, 4.69) is 5.32 Å².